The molecule has 0 aromatic heterocycles. The van der Waals surface area contributed by atoms with Gasteiger partial charge in [-0.25, -0.2) is 0 Å². The molecule has 2 fully saturated rings. The number of benzene rings is 2. The van der Waals surface area contributed by atoms with Gasteiger partial charge in [0.1, 0.15) is 0 Å². The van der Waals surface area contributed by atoms with Crippen LogP contribution in [0.2, 0.25) is 0 Å². The molecule has 1 saturated heterocycles. The minimum Gasteiger partial charge on any atom is -0.366 e. The van der Waals surface area contributed by atoms with Crippen LogP contribution in [0.25, 0.3) is 11.1 Å². The third-order valence-electron chi connectivity index (χ3n) is 6.95. The fourth-order valence-electron chi connectivity index (χ4n) is 4.97. The number of nitrogens with two attached hydrogens (primary N) is 1. The molecule has 5 nitrogen and oxygen atoms in total. The lowest BCUT2D eigenvalue weighted by atomic mass is 9.92. The van der Waals surface area contributed by atoms with E-state index < -0.39 is 5.91 Å². The highest BCUT2D eigenvalue weighted by atomic mass is 35.5. The SMILES string of the molecule is Cl.NC(=O)c1ccc(-c2ccc3c(c2)CCN(C2CCN(C4CCC4)C2)C3=O)cc1. The summed E-state index contributed by atoms with van der Waals surface area (Å²) in [6.07, 6.45) is 6.00. The molecule has 6 heteroatoms. The van der Waals surface area contributed by atoms with Gasteiger partial charge in [0.25, 0.3) is 5.91 Å². The van der Waals surface area contributed by atoms with Gasteiger partial charge in [-0.2, -0.15) is 0 Å². The van der Waals surface area contributed by atoms with E-state index in [2.05, 4.69) is 15.9 Å². The summed E-state index contributed by atoms with van der Waals surface area (Å²) in [6.45, 7) is 2.97. The first-order chi connectivity index (χ1) is 14.1. The van der Waals surface area contributed by atoms with Crippen molar-refractivity contribution in [3.8, 4) is 11.1 Å². The monoisotopic (exact) mass is 425 g/mol. The summed E-state index contributed by atoms with van der Waals surface area (Å²) >= 11 is 0. The Morgan fingerprint density at radius 1 is 0.933 bits per heavy atom. The summed E-state index contributed by atoms with van der Waals surface area (Å²) in [4.78, 5) is 29.2. The lowest BCUT2D eigenvalue weighted by Crippen LogP contribution is -2.47. The Morgan fingerprint density at radius 2 is 1.67 bits per heavy atom. The van der Waals surface area contributed by atoms with Gasteiger partial charge in [-0.15, -0.1) is 12.4 Å². The molecule has 2 aromatic carbocycles. The van der Waals surface area contributed by atoms with Crippen molar-refractivity contribution in [2.45, 2.75) is 44.2 Å². The normalized spacial score (nSPS) is 21.7. The molecule has 2 amide bonds. The average Bonchev–Trinajstić information content (AvgIpc) is 3.16. The highest BCUT2D eigenvalue weighted by Crippen LogP contribution is 2.32. The fourth-order valence-corrected chi connectivity index (χ4v) is 4.97. The molecule has 30 heavy (non-hydrogen) atoms. The van der Waals surface area contributed by atoms with Crippen molar-refractivity contribution in [2.24, 2.45) is 5.73 Å². The number of carbonyl (C=O) groups is 2. The number of hydrogen-bond acceptors (Lipinski definition) is 3. The molecule has 0 bridgehead atoms. The predicted octanol–water partition coefficient (Wildman–Crippen LogP) is 3.50. The number of fused-ring (bicyclic) bond motifs is 1. The number of halogens is 1. The molecule has 2 aromatic rings. The van der Waals surface area contributed by atoms with Crippen molar-refractivity contribution >= 4 is 24.2 Å². The minimum atomic E-state index is -0.421. The van der Waals surface area contributed by atoms with Crippen LogP contribution in [0.4, 0.5) is 0 Å². The highest BCUT2D eigenvalue weighted by molar-refractivity contribution is 5.98. The van der Waals surface area contributed by atoms with E-state index in [9.17, 15) is 9.59 Å². The summed E-state index contributed by atoms with van der Waals surface area (Å²) in [7, 11) is 0. The van der Waals surface area contributed by atoms with Crippen LogP contribution < -0.4 is 5.73 Å². The predicted molar refractivity (Wildman–Crippen MR) is 120 cm³/mol. The minimum absolute atomic E-state index is 0. The fraction of sp³-hybridized carbons (Fsp3) is 0.417. The van der Waals surface area contributed by atoms with Crippen molar-refractivity contribution < 1.29 is 9.59 Å². The zero-order valence-electron chi connectivity index (χ0n) is 17.0. The molecular weight excluding hydrogens is 398 g/mol. The van der Waals surface area contributed by atoms with Crippen LogP contribution >= 0.6 is 12.4 Å². The summed E-state index contributed by atoms with van der Waals surface area (Å²) < 4.78 is 0. The molecule has 2 aliphatic heterocycles. The zero-order chi connectivity index (χ0) is 20.0. The van der Waals surface area contributed by atoms with E-state index in [1.165, 1.54) is 19.3 Å². The van der Waals surface area contributed by atoms with Gasteiger partial charge in [0, 0.05) is 42.8 Å². The van der Waals surface area contributed by atoms with Crippen molar-refractivity contribution in [3.63, 3.8) is 0 Å². The molecular formula is C24H28ClN3O2. The second-order valence-corrected chi connectivity index (χ2v) is 8.58. The molecule has 1 unspecified atom stereocenters. The van der Waals surface area contributed by atoms with Crippen molar-refractivity contribution in [1.82, 2.24) is 9.80 Å². The van der Waals surface area contributed by atoms with E-state index >= 15 is 0 Å². The molecule has 1 saturated carbocycles. The van der Waals surface area contributed by atoms with Gasteiger partial charge >= 0.3 is 0 Å². The molecule has 158 valence electrons. The second-order valence-electron chi connectivity index (χ2n) is 8.58. The van der Waals surface area contributed by atoms with Gasteiger partial charge in [0.05, 0.1) is 0 Å². The van der Waals surface area contributed by atoms with Gasteiger partial charge in [0.15, 0.2) is 0 Å². The molecule has 1 atom stereocenters. The number of nitrogens with zero attached hydrogens (tertiary/aromatic N) is 2. The van der Waals surface area contributed by atoms with Crippen LogP contribution in [0.15, 0.2) is 42.5 Å². The Balaban J connectivity index is 0.00000218. The van der Waals surface area contributed by atoms with Gasteiger partial charge in [-0.3, -0.25) is 14.5 Å². The van der Waals surface area contributed by atoms with Crippen LogP contribution in [0.1, 0.15) is 52.0 Å². The lowest BCUT2D eigenvalue weighted by Gasteiger charge is -2.37. The van der Waals surface area contributed by atoms with Crippen LogP contribution in [0.5, 0.6) is 0 Å². The molecule has 2 heterocycles. The molecule has 5 rings (SSSR count). The van der Waals surface area contributed by atoms with E-state index in [1.54, 1.807) is 12.1 Å². The number of carbonyl (C=O) groups excluding carboxylic acids is 2. The van der Waals surface area contributed by atoms with Crippen LogP contribution in [-0.2, 0) is 6.42 Å². The largest absolute Gasteiger partial charge is 0.366 e. The Bertz CT molecular complexity index is 955. The maximum absolute atomic E-state index is 13.2. The van der Waals surface area contributed by atoms with E-state index in [-0.39, 0.29) is 18.3 Å². The molecule has 0 spiro atoms. The van der Waals surface area contributed by atoms with Gasteiger partial charge < -0.3 is 10.6 Å². The molecule has 3 aliphatic rings. The third-order valence-corrected chi connectivity index (χ3v) is 6.95. The summed E-state index contributed by atoms with van der Waals surface area (Å²) in [5.41, 5.74) is 9.89. The van der Waals surface area contributed by atoms with E-state index in [4.69, 9.17) is 5.73 Å². The van der Waals surface area contributed by atoms with Crippen LogP contribution in [-0.4, -0.2) is 53.3 Å². The smallest absolute Gasteiger partial charge is 0.254 e. The van der Waals surface area contributed by atoms with Crippen molar-refractivity contribution in [2.75, 3.05) is 19.6 Å². The lowest BCUT2D eigenvalue weighted by molar-refractivity contribution is 0.0646. The van der Waals surface area contributed by atoms with Gasteiger partial charge in [-0.1, -0.05) is 30.7 Å². The first-order valence-electron chi connectivity index (χ1n) is 10.7. The maximum atomic E-state index is 13.2. The number of amides is 2. The number of primary amides is 1. The highest BCUT2D eigenvalue weighted by Gasteiger charge is 2.37. The summed E-state index contributed by atoms with van der Waals surface area (Å²) in [6, 6.07) is 14.5. The molecule has 0 radical (unpaired) electrons. The third kappa shape index (κ3) is 3.72. The van der Waals surface area contributed by atoms with Crippen LogP contribution in [0, 0.1) is 0 Å². The quantitative estimate of drug-likeness (QED) is 0.815. The Labute approximate surface area is 183 Å². The van der Waals surface area contributed by atoms with Gasteiger partial charge in [0.2, 0.25) is 5.91 Å². The Hall–Kier alpha value is -2.37. The second kappa shape index (κ2) is 8.40. The standard InChI is InChI=1S/C24H27N3O2.ClH/c25-23(28)17-6-4-16(5-7-17)18-8-9-22-19(14-18)10-13-27(24(22)29)21-11-12-26(15-21)20-2-1-3-20;/h4-9,14,20-21H,1-3,10-13,15H2,(H2,25,28);1H. The maximum Gasteiger partial charge on any atom is 0.254 e. The average molecular weight is 426 g/mol. The first-order valence-corrected chi connectivity index (χ1v) is 10.7. The van der Waals surface area contributed by atoms with Crippen molar-refractivity contribution in [1.29, 1.82) is 0 Å². The summed E-state index contributed by atoms with van der Waals surface area (Å²) in [5.74, 6) is -0.238. The number of hydrogen-bond donors (Lipinski definition) is 1. The Morgan fingerprint density at radius 3 is 2.33 bits per heavy atom. The Kier molecular flexibility index (Phi) is 5.85. The van der Waals surface area contributed by atoms with E-state index in [0.29, 0.717) is 11.6 Å². The van der Waals surface area contributed by atoms with E-state index in [1.807, 2.05) is 24.3 Å². The first kappa shape index (κ1) is 20.9. The van der Waals surface area contributed by atoms with Crippen LogP contribution in [0.3, 0.4) is 0 Å². The van der Waals surface area contributed by atoms with Gasteiger partial charge in [-0.05, 0) is 60.6 Å². The number of likely N-dealkylation sites (tertiary alicyclic amines) is 1. The number of rotatable bonds is 4. The van der Waals surface area contributed by atoms with Crippen molar-refractivity contribution in [3.05, 3.63) is 59.2 Å². The topological polar surface area (TPSA) is 66.6 Å². The zero-order valence-corrected chi connectivity index (χ0v) is 17.9. The summed E-state index contributed by atoms with van der Waals surface area (Å²) in [5, 5.41) is 0. The molecule has 2 N–H and O–H groups in total. The molecule has 1 aliphatic carbocycles. The van der Waals surface area contributed by atoms with E-state index in [0.717, 1.165) is 60.8 Å².